The molecule has 4 nitrogen and oxygen atoms in total. The second kappa shape index (κ2) is 6.94. The zero-order valence-corrected chi connectivity index (χ0v) is 14.6. The molecule has 0 aromatic carbocycles. The summed E-state index contributed by atoms with van der Waals surface area (Å²) in [6, 6.07) is 0. The number of rotatable bonds is 4. The number of hydrogen-bond donors (Lipinski definition) is 0. The van der Waals surface area contributed by atoms with E-state index in [0.717, 1.165) is 30.3 Å². The number of carbonyl (C=O) groups excluding carboxylic acids is 1. The summed E-state index contributed by atoms with van der Waals surface area (Å²) < 4.78 is 12.3. The van der Waals surface area contributed by atoms with E-state index in [2.05, 4.69) is 29.4 Å². The highest BCUT2D eigenvalue weighted by atomic mass is 79.9. The number of amides is 1. The zero-order chi connectivity index (χ0) is 15.4. The lowest BCUT2D eigenvalue weighted by molar-refractivity contribution is -0.0841. The van der Waals surface area contributed by atoms with Crippen LogP contribution in [0.15, 0.2) is 11.1 Å². The molecule has 1 atom stereocenters. The number of piperidine rings is 1. The Bertz CT molecular complexity index is 365. The van der Waals surface area contributed by atoms with Crippen LogP contribution in [0.3, 0.4) is 0 Å². The van der Waals surface area contributed by atoms with Gasteiger partial charge in [0, 0.05) is 11.0 Å². The molecule has 1 aliphatic heterocycles. The van der Waals surface area contributed by atoms with E-state index in [0.29, 0.717) is 13.2 Å². The molecule has 1 unspecified atom stereocenters. The van der Waals surface area contributed by atoms with Gasteiger partial charge in [0.25, 0.3) is 0 Å². The molecule has 0 aromatic rings. The number of carbonyl (C=O) groups is 1. The Labute approximate surface area is 130 Å². The SMILES string of the molecule is C=C(Br)COC1(CC)CCCN(C(=O)OC(C)(C)C)C1. The van der Waals surface area contributed by atoms with Crippen molar-refractivity contribution in [2.24, 2.45) is 0 Å². The molecule has 0 aliphatic carbocycles. The minimum atomic E-state index is -0.464. The van der Waals surface area contributed by atoms with Crippen LogP contribution in [0.4, 0.5) is 4.79 Å². The highest BCUT2D eigenvalue weighted by Crippen LogP contribution is 2.30. The van der Waals surface area contributed by atoms with Gasteiger partial charge in [0.1, 0.15) is 5.60 Å². The van der Waals surface area contributed by atoms with Crippen LogP contribution in [-0.2, 0) is 9.47 Å². The average Bonchev–Trinajstić information content (AvgIpc) is 2.34. The zero-order valence-electron chi connectivity index (χ0n) is 13.0. The van der Waals surface area contributed by atoms with E-state index in [1.54, 1.807) is 4.90 Å². The van der Waals surface area contributed by atoms with Crippen molar-refractivity contribution in [3.8, 4) is 0 Å². The van der Waals surface area contributed by atoms with Crippen LogP contribution in [0.1, 0.15) is 47.0 Å². The maximum atomic E-state index is 12.2. The third-order valence-corrected chi connectivity index (χ3v) is 3.60. The number of halogens is 1. The minimum absolute atomic E-state index is 0.253. The predicted molar refractivity (Wildman–Crippen MR) is 84.1 cm³/mol. The van der Waals surface area contributed by atoms with Gasteiger partial charge in [0.2, 0.25) is 0 Å². The van der Waals surface area contributed by atoms with Gasteiger partial charge in [-0.25, -0.2) is 4.79 Å². The molecule has 0 saturated carbocycles. The van der Waals surface area contributed by atoms with Gasteiger partial charge in [0.15, 0.2) is 0 Å². The molecule has 1 rings (SSSR count). The van der Waals surface area contributed by atoms with Gasteiger partial charge in [0.05, 0.1) is 18.8 Å². The molecule has 1 amide bonds. The maximum absolute atomic E-state index is 12.2. The Morgan fingerprint density at radius 3 is 2.60 bits per heavy atom. The Morgan fingerprint density at radius 1 is 1.45 bits per heavy atom. The summed E-state index contributed by atoms with van der Waals surface area (Å²) in [5.74, 6) is 0. The first-order valence-corrected chi connectivity index (χ1v) is 7.92. The van der Waals surface area contributed by atoms with E-state index in [9.17, 15) is 4.79 Å². The van der Waals surface area contributed by atoms with E-state index in [1.165, 1.54) is 0 Å². The summed E-state index contributed by atoms with van der Waals surface area (Å²) in [4.78, 5) is 13.9. The van der Waals surface area contributed by atoms with Gasteiger partial charge in [-0.15, -0.1) is 0 Å². The quantitative estimate of drug-likeness (QED) is 0.768. The molecule has 1 saturated heterocycles. The molecular formula is C15H26BrNO3. The van der Waals surface area contributed by atoms with Gasteiger partial charge in [-0.1, -0.05) is 29.4 Å². The van der Waals surface area contributed by atoms with Crippen LogP contribution in [0.25, 0.3) is 0 Å². The molecule has 5 heteroatoms. The molecule has 20 heavy (non-hydrogen) atoms. The molecule has 0 bridgehead atoms. The first kappa shape index (κ1) is 17.5. The summed E-state index contributed by atoms with van der Waals surface area (Å²) in [5, 5.41) is 0. The van der Waals surface area contributed by atoms with E-state index in [4.69, 9.17) is 9.47 Å². The molecule has 1 aliphatic rings. The van der Waals surface area contributed by atoms with Crippen LogP contribution in [-0.4, -0.2) is 41.9 Å². The van der Waals surface area contributed by atoms with Crippen LogP contribution in [0, 0.1) is 0 Å². The van der Waals surface area contributed by atoms with Gasteiger partial charge >= 0.3 is 6.09 Å². The van der Waals surface area contributed by atoms with Gasteiger partial charge < -0.3 is 14.4 Å². The normalized spacial score (nSPS) is 23.6. The fraction of sp³-hybridized carbons (Fsp3) is 0.800. The number of hydrogen-bond acceptors (Lipinski definition) is 3. The number of ether oxygens (including phenoxy) is 2. The van der Waals surface area contributed by atoms with Crippen LogP contribution in [0.2, 0.25) is 0 Å². The smallest absolute Gasteiger partial charge is 0.410 e. The molecule has 0 aromatic heterocycles. The highest BCUT2D eigenvalue weighted by Gasteiger charge is 2.38. The van der Waals surface area contributed by atoms with E-state index < -0.39 is 5.60 Å². The molecule has 0 radical (unpaired) electrons. The standard InChI is InChI=1S/C15H26BrNO3/c1-6-15(19-10-12(2)16)8-7-9-17(11-15)13(18)20-14(3,4)5/h2,6-11H2,1,3-5H3. The number of nitrogens with zero attached hydrogens (tertiary/aromatic N) is 1. The first-order valence-electron chi connectivity index (χ1n) is 7.13. The molecule has 1 fully saturated rings. The second-order valence-corrected chi connectivity index (χ2v) is 7.47. The predicted octanol–water partition coefficient (Wildman–Crippen LogP) is 4.09. The third kappa shape index (κ3) is 5.44. The summed E-state index contributed by atoms with van der Waals surface area (Å²) in [6.07, 6.45) is 2.51. The van der Waals surface area contributed by atoms with Gasteiger partial charge in [-0.05, 0) is 40.0 Å². The molecule has 1 heterocycles. The number of likely N-dealkylation sites (tertiary alicyclic amines) is 1. The highest BCUT2D eigenvalue weighted by molar-refractivity contribution is 9.11. The van der Waals surface area contributed by atoms with E-state index in [1.807, 2.05) is 20.8 Å². The van der Waals surface area contributed by atoms with Crippen molar-refractivity contribution in [3.63, 3.8) is 0 Å². The lowest BCUT2D eigenvalue weighted by atomic mass is 9.90. The van der Waals surface area contributed by atoms with Gasteiger partial charge in [-0.3, -0.25) is 0 Å². The summed E-state index contributed by atoms with van der Waals surface area (Å²) >= 11 is 3.31. The monoisotopic (exact) mass is 347 g/mol. The van der Waals surface area contributed by atoms with Crippen molar-refractivity contribution in [3.05, 3.63) is 11.1 Å². The topological polar surface area (TPSA) is 38.8 Å². The van der Waals surface area contributed by atoms with Crippen molar-refractivity contribution < 1.29 is 14.3 Å². The average molecular weight is 348 g/mol. The largest absolute Gasteiger partial charge is 0.444 e. The van der Waals surface area contributed by atoms with Crippen LogP contribution in [0.5, 0.6) is 0 Å². The summed E-state index contributed by atoms with van der Waals surface area (Å²) in [7, 11) is 0. The second-order valence-electron chi connectivity index (χ2n) is 6.35. The Hall–Kier alpha value is -0.550. The van der Waals surface area contributed by atoms with Gasteiger partial charge in [-0.2, -0.15) is 0 Å². The fourth-order valence-corrected chi connectivity index (χ4v) is 2.43. The Morgan fingerprint density at radius 2 is 2.10 bits per heavy atom. The van der Waals surface area contributed by atoms with Crippen molar-refractivity contribution in [2.75, 3.05) is 19.7 Å². The molecular weight excluding hydrogens is 322 g/mol. The Kier molecular flexibility index (Phi) is 6.07. The van der Waals surface area contributed by atoms with Crippen molar-refractivity contribution in [1.82, 2.24) is 4.90 Å². The van der Waals surface area contributed by atoms with Crippen molar-refractivity contribution in [1.29, 1.82) is 0 Å². The molecule has 0 N–H and O–H groups in total. The minimum Gasteiger partial charge on any atom is -0.444 e. The molecule has 0 spiro atoms. The maximum Gasteiger partial charge on any atom is 0.410 e. The van der Waals surface area contributed by atoms with Crippen LogP contribution >= 0.6 is 15.9 Å². The van der Waals surface area contributed by atoms with E-state index >= 15 is 0 Å². The first-order chi connectivity index (χ1) is 9.17. The summed E-state index contributed by atoms with van der Waals surface area (Å²) in [5.41, 5.74) is -0.750. The van der Waals surface area contributed by atoms with Crippen LogP contribution < -0.4 is 0 Å². The lowest BCUT2D eigenvalue weighted by Gasteiger charge is -2.42. The van der Waals surface area contributed by atoms with Crippen molar-refractivity contribution >= 4 is 22.0 Å². The fourth-order valence-electron chi connectivity index (χ4n) is 2.32. The Balaban J connectivity index is 2.68. The van der Waals surface area contributed by atoms with E-state index in [-0.39, 0.29) is 11.7 Å². The summed E-state index contributed by atoms with van der Waals surface area (Å²) in [6.45, 7) is 13.3. The van der Waals surface area contributed by atoms with Crippen molar-refractivity contribution in [2.45, 2.75) is 58.2 Å². The third-order valence-electron chi connectivity index (χ3n) is 3.37. The molecule has 116 valence electrons. The lowest BCUT2D eigenvalue weighted by Crippen LogP contribution is -2.52.